The summed E-state index contributed by atoms with van der Waals surface area (Å²) in [6.07, 6.45) is 0. The van der Waals surface area contributed by atoms with E-state index in [1.165, 1.54) is 0 Å². The van der Waals surface area contributed by atoms with Crippen LogP contribution in [0.15, 0.2) is 22.7 Å². The van der Waals surface area contributed by atoms with E-state index in [1.807, 2.05) is 19.1 Å². The number of nitrogens with one attached hydrogen (secondary N) is 2. The van der Waals surface area contributed by atoms with E-state index in [1.54, 1.807) is 19.9 Å². The van der Waals surface area contributed by atoms with Gasteiger partial charge in [0.05, 0.1) is 6.54 Å². The lowest BCUT2D eigenvalue weighted by atomic mass is 10.1. The predicted molar refractivity (Wildman–Crippen MR) is 81.8 cm³/mol. The molecular weight excluding hydrogens is 324 g/mol. The van der Waals surface area contributed by atoms with Crippen LogP contribution in [0.3, 0.4) is 0 Å². The van der Waals surface area contributed by atoms with E-state index in [9.17, 15) is 9.59 Å². The van der Waals surface area contributed by atoms with Crippen LogP contribution in [0.1, 0.15) is 19.4 Å². The van der Waals surface area contributed by atoms with Crippen molar-refractivity contribution in [1.29, 1.82) is 0 Å². The molecule has 1 atom stereocenters. The highest BCUT2D eigenvalue weighted by Gasteiger charge is 2.21. The van der Waals surface area contributed by atoms with E-state index < -0.39 is 12.0 Å². The molecule has 0 aliphatic carbocycles. The van der Waals surface area contributed by atoms with Crippen molar-refractivity contribution in [2.75, 3.05) is 11.9 Å². The van der Waals surface area contributed by atoms with E-state index in [0.29, 0.717) is 0 Å². The number of hydrogen-bond acceptors (Lipinski definition) is 3. The van der Waals surface area contributed by atoms with Crippen LogP contribution in [0, 0.1) is 12.8 Å². The number of hydrogen-bond donors (Lipinski definition) is 3. The molecule has 1 rings (SSSR count). The molecule has 0 aromatic heterocycles. The topological polar surface area (TPSA) is 78.4 Å². The average molecular weight is 343 g/mol. The minimum Gasteiger partial charge on any atom is -0.480 e. The SMILES string of the molecule is Cc1cc(Br)ccc1NC(=O)CNC(C(=O)O)C(C)C. The Kier molecular flexibility index (Phi) is 6.16. The molecule has 1 amide bonds. The zero-order valence-electron chi connectivity index (χ0n) is 11.7. The molecule has 5 nitrogen and oxygen atoms in total. The van der Waals surface area contributed by atoms with Crippen molar-refractivity contribution in [3.05, 3.63) is 28.2 Å². The maximum absolute atomic E-state index is 11.8. The number of anilines is 1. The van der Waals surface area contributed by atoms with Crippen LogP contribution in [0.25, 0.3) is 0 Å². The fourth-order valence-electron chi connectivity index (χ4n) is 1.77. The van der Waals surface area contributed by atoms with Crippen LogP contribution in [0.2, 0.25) is 0 Å². The second-order valence-electron chi connectivity index (χ2n) is 4.95. The van der Waals surface area contributed by atoms with Gasteiger partial charge < -0.3 is 10.4 Å². The lowest BCUT2D eigenvalue weighted by Gasteiger charge is -2.17. The van der Waals surface area contributed by atoms with Gasteiger partial charge in [-0.3, -0.25) is 14.9 Å². The van der Waals surface area contributed by atoms with Gasteiger partial charge in [0.2, 0.25) is 5.91 Å². The van der Waals surface area contributed by atoms with Crippen molar-refractivity contribution in [3.8, 4) is 0 Å². The van der Waals surface area contributed by atoms with Crippen LogP contribution in [-0.2, 0) is 9.59 Å². The van der Waals surface area contributed by atoms with Crippen molar-refractivity contribution in [3.63, 3.8) is 0 Å². The quantitative estimate of drug-likeness (QED) is 0.741. The highest BCUT2D eigenvalue weighted by Crippen LogP contribution is 2.19. The second kappa shape index (κ2) is 7.40. The highest BCUT2D eigenvalue weighted by atomic mass is 79.9. The number of benzene rings is 1. The standard InChI is InChI=1S/C14H19BrN2O3/c1-8(2)13(14(19)20)16-7-12(18)17-11-5-4-10(15)6-9(11)3/h4-6,8,13,16H,7H2,1-3H3,(H,17,18)(H,19,20). The molecule has 1 aromatic rings. The summed E-state index contributed by atoms with van der Waals surface area (Å²) >= 11 is 3.35. The number of carbonyl (C=O) groups excluding carboxylic acids is 1. The smallest absolute Gasteiger partial charge is 0.320 e. The summed E-state index contributed by atoms with van der Waals surface area (Å²) in [5, 5.41) is 14.5. The van der Waals surface area contributed by atoms with Crippen molar-refractivity contribution in [2.24, 2.45) is 5.92 Å². The van der Waals surface area contributed by atoms with Crippen LogP contribution in [0.5, 0.6) is 0 Å². The molecule has 20 heavy (non-hydrogen) atoms. The molecule has 0 aliphatic heterocycles. The fourth-order valence-corrected chi connectivity index (χ4v) is 2.25. The number of carbonyl (C=O) groups is 2. The van der Waals surface area contributed by atoms with Crippen molar-refractivity contribution in [2.45, 2.75) is 26.8 Å². The number of aliphatic carboxylic acids is 1. The molecule has 0 aliphatic rings. The Balaban J connectivity index is 2.57. The number of amides is 1. The van der Waals surface area contributed by atoms with Crippen molar-refractivity contribution >= 4 is 33.5 Å². The largest absolute Gasteiger partial charge is 0.480 e. The van der Waals surface area contributed by atoms with E-state index in [2.05, 4.69) is 26.6 Å². The Morgan fingerprint density at radius 1 is 1.35 bits per heavy atom. The molecule has 0 fully saturated rings. The molecule has 6 heteroatoms. The third-order valence-electron chi connectivity index (χ3n) is 2.88. The Morgan fingerprint density at radius 3 is 2.50 bits per heavy atom. The van der Waals surface area contributed by atoms with Gasteiger partial charge in [0.25, 0.3) is 0 Å². The van der Waals surface area contributed by atoms with Crippen molar-refractivity contribution < 1.29 is 14.7 Å². The summed E-state index contributed by atoms with van der Waals surface area (Å²) in [5.74, 6) is -1.30. The van der Waals surface area contributed by atoms with Crippen LogP contribution < -0.4 is 10.6 Å². The van der Waals surface area contributed by atoms with Crippen LogP contribution in [0.4, 0.5) is 5.69 Å². The predicted octanol–water partition coefficient (Wildman–Crippen LogP) is 2.39. The maximum Gasteiger partial charge on any atom is 0.320 e. The first-order valence-corrected chi connectivity index (χ1v) is 7.12. The fraction of sp³-hybridized carbons (Fsp3) is 0.429. The summed E-state index contributed by atoms with van der Waals surface area (Å²) in [7, 11) is 0. The molecule has 0 radical (unpaired) electrons. The average Bonchev–Trinajstić information content (AvgIpc) is 2.32. The lowest BCUT2D eigenvalue weighted by molar-refractivity contribution is -0.140. The van der Waals surface area contributed by atoms with E-state index >= 15 is 0 Å². The van der Waals surface area contributed by atoms with Crippen LogP contribution in [-0.4, -0.2) is 29.6 Å². The first kappa shape index (κ1) is 16.7. The zero-order chi connectivity index (χ0) is 15.3. The molecule has 0 heterocycles. The molecule has 3 N–H and O–H groups in total. The molecule has 0 spiro atoms. The molecule has 0 saturated heterocycles. The minimum absolute atomic E-state index is 0.0371. The first-order valence-electron chi connectivity index (χ1n) is 6.33. The molecule has 0 bridgehead atoms. The highest BCUT2D eigenvalue weighted by molar-refractivity contribution is 9.10. The summed E-state index contributed by atoms with van der Waals surface area (Å²) in [4.78, 5) is 22.8. The third kappa shape index (κ3) is 4.94. The van der Waals surface area contributed by atoms with E-state index in [0.717, 1.165) is 15.7 Å². The Morgan fingerprint density at radius 2 is 2.00 bits per heavy atom. The number of carboxylic acids is 1. The molecule has 1 aromatic carbocycles. The lowest BCUT2D eigenvalue weighted by Crippen LogP contribution is -2.44. The summed E-state index contributed by atoms with van der Waals surface area (Å²) < 4.78 is 0.942. The van der Waals surface area contributed by atoms with Gasteiger partial charge >= 0.3 is 5.97 Å². The van der Waals surface area contributed by atoms with Gasteiger partial charge in [-0.2, -0.15) is 0 Å². The van der Waals surface area contributed by atoms with Gasteiger partial charge in [0, 0.05) is 10.2 Å². The summed E-state index contributed by atoms with van der Waals surface area (Å²) in [6, 6.07) is 4.81. The molecule has 1 unspecified atom stereocenters. The van der Waals surface area contributed by atoms with Crippen LogP contribution >= 0.6 is 15.9 Å². The summed E-state index contributed by atoms with van der Waals surface area (Å²) in [5.41, 5.74) is 1.66. The first-order chi connectivity index (χ1) is 9.31. The van der Waals surface area contributed by atoms with E-state index in [-0.39, 0.29) is 18.4 Å². The molecular formula is C14H19BrN2O3. The Hall–Kier alpha value is -1.40. The van der Waals surface area contributed by atoms with E-state index in [4.69, 9.17) is 5.11 Å². The Bertz CT molecular complexity index is 503. The monoisotopic (exact) mass is 342 g/mol. The van der Waals surface area contributed by atoms with Gasteiger partial charge in [-0.05, 0) is 36.6 Å². The number of rotatable bonds is 6. The Labute approximate surface area is 126 Å². The van der Waals surface area contributed by atoms with Gasteiger partial charge in [-0.1, -0.05) is 29.8 Å². The van der Waals surface area contributed by atoms with Gasteiger partial charge in [0.1, 0.15) is 6.04 Å². The second-order valence-corrected chi connectivity index (χ2v) is 5.86. The van der Waals surface area contributed by atoms with Gasteiger partial charge in [-0.25, -0.2) is 0 Å². The third-order valence-corrected chi connectivity index (χ3v) is 3.37. The van der Waals surface area contributed by atoms with Crippen molar-refractivity contribution in [1.82, 2.24) is 5.32 Å². The normalized spacial score (nSPS) is 12.2. The number of carboxylic acid groups (broad SMARTS) is 1. The molecule has 0 saturated carbocycles. The number of halogens is 1. The van der Waals surface area contributed by atoms with Gasteiger partial charge in [-0.15, -0.1) is 0 Å². The van der Waals surface area contributed by atoms with Gasteiger partial charge in [0.15, 0.2) is 0 Å². The zero-order valence-corrected chi connectivity index (χ0v) is 13.3. The minimum atomic E-state index is -0.951. The number of aryl methyl sites for hydroxylation is 1. The maximum atomic E-state index is 11.8. The summed E-state index contributed by atoms with van der Waals surface area (Å²) in [6.45, 7) is 5.44. The molecule has 110 valence electrons.